The summed E-state index contributed by atoms with van der Waals surface area (Å²) in [6.07, 6.45) is -2.71. The summed E-state index contributed by atoms with van der Waals surface area (Å²) in [6.45, 7) is 5.86. The highest BCUT2D eigenvalue weighted by molar-refractivity contribution is 5.28. The highest BCUT2D eigenvalue weighted by Crippen LogP contribution is 2.32. The van der Waals surface area contributed by atoms with Crippen LogP contribution in [0.25, 0.3) is 0 Å². The van der Waals surface area contributed by atoms with Crippen LogP contribution in [0.1, 0.15) is 50.7 Å². The van der Waals surface area contributed by atoms with Crippen molar-refractivity contribution in [3.05, 3.63) is 35.4 Å². The normalized spacial score (nSPS) is 15.3. The molecular formula is C14H20F2O. The quantitative estimate of drug-likeness (QED) is 0.825. The lowest BCUT2D eigenvalue weighted by Gasteiger charge is -2.27. The number of halogens is 2. The van der Waals surface area contributed by atoms with E-state index in [1.54, 1.807) is 19.1 Å². The van der Waals surface area contributed by atoms with E-state index in [0.717, 1.165) is 5.56 Å². The number of hydrogen-bond donors (Lipinski definition) is 1. The van der Waals surface area contributed by atoms with Gasteiger partial charge in [-0.15, -0.1) is 0 Å². The molecule has 96 valence electrons. The largest absolute Gasteiger partial charge is 0.385 e. The molecule has 1 aromatic carbocycles. The summed E-state index contributed by atoms with van der Waals surface area (Å²) in [4.78, 5) is 0. The minimum Gasteiger partial charge on any atom is -0.385 e. The predicted molar refractivity (Wildman–Crippen MR) is 65.3 cm³/mol. The highest BCUT2D eigenvalue weighted by atomic mass is 19.3. The number of benzene rings is 1. The van der Waals surface area contributed by atoms with Gasteiger partial charge in [-0.3, -0.25) is 0 Å². The molecule has 0 amide bonds. The molecule has 0 spiro atoms. The van der Waals surface area contributed by atoms with E-state index < -0.39 is 18.4 Å². The predicted octanol–water partition coefficient (Wildman–Crippen LogP) is 4.06. The molecular weight excluding hydrogens is 222 g/mol. The second kappa shape index (κ2) is 5.58. The van der Waals surface area contributed by atoms with Crippen LogP contribution in [-0.4, -0.2) is 11.5 Å². The maximum absolute atomic E-state index is 12.5. The van der Waals surface area contributed by atoms with Gasteiger partial charge in [0, 0.05) is 6.42 Å². The molecule has 0 bridgehead atoms. The van der Waals surface area contributed by atoms with Gasteiger partial charge in [0.25, 0.3) is 0 Å². The van der Waals surface area contributed by atoms with Gasteiger partial charge in [0.05, 0.1) is 5.60 Å². The molecule has 1 aromatic rings. The molecule has 0 fully saturated rings. The van der Waals surface area contributed by atoms with Gasteiger partial charge in [-0.2, -0.15) is 0 Å². The Balaban J connectivity index is 2.96. The molecule has 1 atom stereocenters. The van der Waals surface area contributed by atoms with Gasteiger partial charge in [0.15, 0.2) is 0 Å². The Hall–Kier alpha value is -0.960. The Morgan fingerprint density at radius 3 is 2.06 bits per heavy atom. The first-order valence-corrected chi connectivity index (χ1v) is 6.00. The third-order valence-corrected chi connectivity index (χ3v) is 3.19. The molecule has 1 rings (SSSR count). The molecule has 1 unspecified atom stereocenters. The summed E-state index contributed by atoms with van der Waals surface area (Å²) in [5.74, 6) is 0.397. The van der Waals surface area contributed by atoms with Gasteiger partial charge < -0.3 is 5.11 Å². The maximum Gasteiger partial charge on any atom is 0.241 e. The van der Waals surface area contributed by atoms with E-state index in [0.29, 0.717) is 17.9 Å². The summed E-state index contributed by atoms with van der Waals surface area (Å²) in [5, 5.41) is 10.2. The fourth-order valence-electron chi connectivity index (χ4n) is 1.90. The van der Waals surface area contributed by atoms with Crippen LogP contribution in [0.3, 0.4) is 0 Å². The first-order chi connectivity index (χ1) is 7.89. The van der Waals surface area contributed by atoms with E-state index in [9.17, 15) is 13.9 Å². The van der Waals surface area contributed by atoms with E-state index in [1.807, 2.05) is 12.1 Å². The van der Waals surface area contributed by atoms with Crippen molar-refractivity contribution >= 4 is 0 Å². The van der Waals surface area contributed by atoms with E-state index in [2.05, 4.69) is 13.8 Å². The van der Waals surface area contributed by atoms with Crippen LogP contribution in [0.15, 0.2) is 24.3 Å². The summed E-state index contributed by atoms with van der Waals surface area (Å²) >= 11 is 0. The Bertz CT molecular complexity index is 346. The second-order valence-corrected chi connectivity index (χ2v) is 4.76. The molecule has 0 radical (unpaired) electrons. The topological polar surface area (TPSA) is 20.2 Å². The van der Waals surface area contributed by atoms with Gasteiger partial charge >= 0.3 is 0 Å². The number of rotatable bonds is 5. The Kier molecular flexibility index (Phi) is 4.63. The maximum atomic E-state index is 12.5. The van der Waals surface area contributed by atoms with Crippen molar-refractivity contribution < 1.29 is 13.9 Å². The van der Waals surface area contributed by atoms with Crippen molar-refractivity contribution in [3.8, 4) is 0 Å². The monoisotopic (exact) mass is 242 g/mol. The van der Waals surface area contributed by atoms with Crippen molar-refractivity contribution in [2.75, 3.05) is 0 Å². The lowest BCUT2D eigenvalue weighted by molar-refractivity contribution is -0.0295. The van der Waals surface area contributed by atoms with Gasteiger partial charge in [0.1, 0.15) is 0 Å². The van der Waals surface area contributed by atoms with Crippen molar-refractivity contribution in [2.45, 2.75) is 51.6 Å². The zero-order valence-electron chi connectivity index (χ0n) is 10.6. The van der Waals surface area contributed by atoms with Crippen LogP contribution in [0.5, 0.6) is 0 Å². The fraction of sp³-hybridized carbons (Fsp3) is 0.571. The Labute approximate surface area is 101 Å². The summed E-state index contributed by atoms with van der Waals surface area (Å²) in [5.41, 5.74) is 0.304. The van der Waals surface area contributed by atoms with E-state index in [1.165, 1.54) is 0 Å². The lowest BCUT2D eigenvalue weighted by atomic mass is 9.87. The molecule has 0 saturated heterocycles. The molecule has 0 aliphatic carbocycles. The molecule has 1 N–H and O–H groups in total. The number of hydrogen-bond acceptors (Lipinski definition) is 1. The second-order valence-electron chi connectivity index (χ2n) is 4.76. The smallest absolute Gasteiger partial charge is 0.241 e. The third kappa shape index (κ3) is 3.50. The van der Waals surface area contributed by atoms with Gasteiger partial charge in [-0.25, -0.2) is 8.78 Å². The molecule has 0 saturated carbocycles. The zero-order valence-corrected chi connectivity index (χ0v) is 10.6. The van der Waals surface area contributed by atoms with Crippen LogP contribution in [0, 0.1) is 0 Å². The van der Waals surface area contributed by atoms with Gasteiger partial charge in [0.2, 0.25) is 6.43 Å². The van der Waals surface area contributed by atoms with Crippen molar-refractivity contribution in [1.82, 2.24) is 0 Å². The van der Waals surface area contributed by atoms with E-state index >= 15 is 0 Å². The number of aliphatic hydroxyl groups is 1. The average Bonchev–Trinajstić information content (AvgIpc) is 2.28. The first kappa shape index (κ1) is 14.1. The van der Waals surface area contributed by atoms with Crippen LogP contribution < -0.4 is 0 Å². The lowest BCUT2D eigenvalue weighted by Crippen LogP contribution is -2.27. The summed E-state index contributed by atoms with van der Waals surface area (Å²) in [7, 11) is 0. The minimum absolute atomic E-state index is 0.290. The molecule has 3 heteroatoms. The van der Waals surface area contributed by atoms with Crippen LogP contribution >= 0.6 is 0 Å². The zero-order chi connectivity index (χ0) is 13.1. The Morgan fingerprint density at radius 1 is 1.18 bits per heavy atom. The molecule has 1 nitrogen and oxygen atoms in total. The molecule has 17 heavy (non-hydrogen) atoms. The summed E-state index contributed by atoms with van der Waals surface area (Å²) < 4.78 is 24.9. The SMILES string of the molecule is CCC(O)(CC(F)F)c1ccc(C(C)C)cc1. The van der Waals surface area contributed by atoms with E-state index in [4.69, 9.17) is 0 Å². The molecule has 0 heterocycles. The summed E-state index contributed by atoms with van der Waals surface area (Å²) in [6, 6.07) is 7.29. The Morgan fingerprint density at radius 2 is 1.71 bits per heavy atom. The van der Waals surface area contributed by atoms with Crippen LogP contribution in [0.4, 0.5) is 8.78 Å². The van der Waals surface area contributed by atoms with Gasteiger partial charge in [-0.05, 0) is 23.5 Å². The minimum atomic E-state index is -2.50. The molecule has 0 aromatic heterocycles. The van der Waals surface area contributed by atoms with Crippen LogP contribution in [0.2, 0.25) is 0 Å². The van der Waals surface area contributed by atoms with Crippen LogP contribution in [-0.2, 0) is 5.60 Å². The highest BCUT2D eigenvalue weighted by Gasteiger charge is 2.30. The third-order valence-electron chi connectivity index (χ3n) is 3.19. The van der Waals surface area contributed by atoms with Crippen molar-refractivity contribution in [1.29, 1.82) is 0 Å². The van der Waals surface area contributed by atoms with Crippen molar-refractivity contribution in [3.63, 3.8) is 0 Å². The molecule has 0 aliphatic rings. The fourth-order valence-corrected chi connectivity index (χ4v) is 1.90. The number of alkyl halides is 2. The average molecular weight is 242 g/mol. The molecule has 0 aliphatic heterocycles. The van der Waals surface area contributed by atoms with Crippen molar-refractivity contribution in [2.24, 2.45) is 0 Å². The van der Waals surface area contributed by atoms with E-state index in [-0.39, 0.29) is 0 Å². The van der Waals surface area contributed by atoms with Gasteiger partial charge in [-0.1, -0.05) is 45.0 Å². The first-order valence-electron chi connectivity index (χ1n) is 6.00. The standard InChI is InChI=1S/C14H20F2O/c1-4-14(17,9-13(15)16)12-7-5-11(6-8-12)10(2)3/h5-8,10,13,17H,4,9H2,1-3H3.